The Kier molecular flexibility index (Phi) is 2.29. The first-order chi connectivity index (χ1) is 6.48. The Hall–Kier alpha value is -0.580. The standard InChI is InChI=1S/C9H7BrF3N/c10-7-3-8(9(11,12)13)14-4-6(7)5-1-2-5/h3-5H,1-2H2. The van der Waals surface area contributed by atoms with Crippen molar-refractivity contribution in [2.75, 3.05) is 0 Å². The number of rotatable bonds is 1. The monoisotopic (exact) mass is 265 g/mol. The van der Waals surface area contributed by atoms with E-state index in [1.54, 1.807) is 0 Å². The summed E-state index contributed by atoms with van der Waals surface area (Å²) in [6.07, 6.45) is -0.938. The van der Waals surface area contributed by atoms with Crippen LogP contribution in [0.2, 0.25) is 0 Å². The van der Waals surface area contributed by atoms with Gasteiger partial charge in [-0.25, -0.2) is 0 Å². The quantitative estimate of drug-likeness (QED) is 0.754. The number of hydrogen-bond donors (Lipinski definition) is 0. The summed E-state index contributed by atoms with van der Waals surface area (Å²) in [6.45, 7) is 0. The van der Waals surface area contributed by atoms with Crippen molar-refractivity contribution in [3.63, 3.8) is 0 Å². The fourth-order valence-corrected chi connectivity index (χ4v) is 1.93. The molecule has 1 aromatic heterocycles. The average molecular weight is 266 g/mol. The first-order valence-electron chi connectivity index (χ1n) is 4.21. The van der Waals surface area contributed by atoms with Crippen molar-refractivity contribution in [3.8, 4) is 0 Å². The summed E-state index contributed by atoms with van der Waals surface area (Å²) in [5, 5.41) is 0. The van der Waals surface area contributed by atoms with Crippen LogP contribution in [0.15, 0.2) is 16.7 Å². The van der Waals surface area contributed by atoms with Gasteiger partial charge in [0.05, 0.1) is 0 Å². The van der Waals surface area contributed by atoms with E-state index in [0.717, 1.165) is 24.5 Å². The minimum absolute atomic E-state index is 0.402. The largest absolute Gasteiger partial charge is 0.433 e. The smallest absolute Gasteiger partial charge is 0.251 e. The van der Waals surface area contributed by atoms with E-state index in [9.17, 15) is 13.2 Å². The van der Waals surface area contributed by atoms with E-state index >= 15 is 0 Å². The maximum absolute atomic E-state index is 12.2. The zero-order valence-corrected chi connectivity index (χ0v) is 8.69. The lowest BCUT2D eigenvalue weighted by Crippen LogP contribution is -2.08. The molecule has 1 nitrogen and oxygen atoms in total. The number of pyridine rings is 1. The average Bonchev–Trinajstić information content (AvgIpc) is 2.85. The number of nitrogens with zero attached hydrogens (tertiary/aromatic N) is 1. The second-order valence-electron chi connectivity index (χ2n) is 3.36. The van der Waals surface area contributed by atoms with E-state index in [0.29, 0.717) is 10.4 Å². The van der Waals surface area contributed by atoms with Gasteiger partial charge in [-0.05, 0) is 30.4 Å². The van der Waals surface area contributed by atoms with Crippen LogP contribution >= 0.6 is 15.9 Å². The molecule has 5 heteroatoms. The van der Waals surface area contributed by atoms with Crippen molar-refractivity contribution >= 4 is 15.9 Å². The topological polar surface area (TPSA) is 12.9 Å². The SMILES string of the molecule is FC(F)(F)c1cc(Br)c(C2CC2)cn1. The summed E-state index contributed by atoms with van der Waals surface area (Å²) in [7, 11) is 0. The van der Waals surface area contributed by atoms with Gasteiger partial charge in [0.25, 0.3) is 0 Å². The molecule has 1 aliphatic rings. The molecule has 0 spiro atoms. The third kappa shape index (κ3) is 1.92. The van der Waals surface area contributed by atoms with Crippen molar-refractivity contribution in [1.82, 2.24) is 4.98 Å². The first-order valence-corrected chi connectivity index (χ1v) is 5.00. The highest BCUT2D eigenvalue weighted by Crippen LogP contribution is 2.43. The van der Waals surface area contributed by atoms with Crippen LogP contribution in [-0.2, 0) is 6.18 Å². The highest BCUT2D eigenvalue weighted by atomic mass is 79.9. The third-order valence-electron chi connectivity index (χ3n) is 2.19. The molecule has 0 amide bonds. The molecular weight excluding hydrogens is 259 g/mol. The molecule has 1 fully saturated rings. The fraction of sp³-hybridized carbons (Fsp3) is 0.444. The first kappa shape index (κ1) is 9.96. The van der Waals surface area contributed by atoms with Gasteiger partial charge in [-0.15, -0.1) is 0 Å². The Morgan fingerprint density at radius 3 is 2.43 bits per heavy atom. The van der Waals surface area contributed by atoms with Crippen LogP contribution in [0.5, 0.6) is 0 Å². The van der Waals surface area contributed by atoms with E-state index < -0.39 is 11.9 Å². The maximum Gasteiger partial charge on any atom is 0.433 e. The molecule has 1 saturated carbocycles. The van der Waals surface area contributed by atoms with Crippen LogP contribution in [0, 0.1) is 0 Å². The summed E-state index contributed by atoms with van der Waals surface area (Å²) < 4.78 is 37.2. The Morgan fingerprint density at radius 2 is 2.00 bits per heavy atom. The third-order valence-corrected chi connectivity index (χ3v) is 2.88. The lowest BCUT2D eigenvalue weighted by molar-refractivity contribution is -0.141. The fourth-order valence-electron chi connectivity index (χ4n) is 1.29. The summed E-state index contributed by atoms with van der Waals surface area (Å²) in [6, 6.07) is 1.05. The second kappa shape index (κ2) is 3.22. The van der Waals surface area contributed by atoms with Crippen LogP contribution in [0.3, 0.4) is 0 Å². The van der Waals surface area contributed by atoms with Gasteiger partial charge in [-0.2, -0.15) is 13.2 Å². The van der Waals surface area contributed by atoms with Gasteiger partial charge in [-0.1, -0.05) is 15.9 Å². The molecule has 0 unspecified atom stereocenters. The lowest BCUT2D eigenvalue weighted by Gasteiger charge is -2.08. The van der Waals surface area contributed by atoms with Crippen LogP contribution in [0.4, 0.5) is 13.2 Å². The Balaban J connectivity index is 2.35. The minimum atomic E-state index is -4.36. The highest BCUT2D eigenvalue weighted by molar-refractivity contribution is 9.10. The van der Waals surface area contributed by atoms with Crippen molar-refractivity contribution in [1.29, 1.82) is 0 Å². The van der Waals surface area contributed by atoms with E-state index in [1.165, 1.54) is 6.20 Å². The number of alkyl halides is 3. The van der Waals surface area contributed by atoms with Crippen molar-refractivity contribution in [3.05, 3.63) is 28.0 Å². The molecule has 1 heterocycles. The van der Waals surface area contributed by atoms with Crippen molar-refractivity contribution in [2.45, 2.75) is 24.9 Å². The van der Waals surface area contributed by atoms with Gasteiger partial charge in [0, 0.05) is 10.7 Å². The Labute approximate surface area is 87.5 Å². The molecule has 0 atom stereocenters. The molecule has 14 heavy (non-hydrogen) atoms. The van der Waals surface area contributed by atoms with E-state index in [2.05, 4.69) is 20.9 Å². The maximum atomic E-state index is 12.2. The van der Waals surface area contributed by atoms with Gasteiger partial charge in [0.1, 0.15) is 5.69 Å². The molecule has 0 aromatic carbocycles. The number of halogens is 4. The summed E-state index contributed by atoms with van der Waals surface area (Å²) in [5.74, 6) is 0.402. The predicted molar refractivity (Wildman–Crippen MR) is 48.9 cm³/mol. The molecular formula is C9H7BrF3N. The van der Waals surface area contributed by atoms with Crippen LogP contribution in [0.1, 0.15) is 30.0 Å². The van der Waals surface area contributed by atoms with Gasteiger partial charge in [0.2, 0.25) is 0 Å². The van der Waals surface area contributed by atoms with Gasteiger partial charge >= 0.3 is 6.18 Å². The van der Waals surface area contributed by atoms with E-state index in [4.69, 9.17) is 0 Å². The van der Waals surface area contributed by atoms with Crippen molar-refractivity contribution < 1.29 is 13.2 Å². The molecule has 0 aliphatic heterocycles. The molecule has 0 bridgehead atoms. The molecule has 76 valence electrons. The van der Waals surface area contributed by atoms with Crippen LogP contribution in [-0.4, -0.2) is 4.98 Å². The highest BCUT2D eigenvalue weighted by Gasteiger charge is 2.34. The molecule has 1 aromatic rings. The van der Waals surface area contributed by atoms with Crippen molar-refractivity contribution in [2.24, 2.45) is 0 Å². The molecule has 0 radical (unpaired) electrons. The summed E-state index contributed by atoms with van der Waals surface area (Å²) in [5.41, 5.74) is 0.0479. The van der Waals surface area contributed by atoms with Crippen LogP contribution in [0.25, 0.3) is 0 Å². The Bertz CT molecular complexity index is 358. The summed E-state index contributed by atoms with van der Waals surface area (Å²) >= 11 is 3.14. The zero-order valence-electron chi connectivity index (χ0n) is 7.11. The normalized spacial score (nSPS) is 17.1. The van der Waals surface area contributed by atoms with Gasteiger partial charge in [0.15, 0.2) is 0 Å². The Morgan fingerprint density at radius 1 is 1.36 bits per heavy atom. The molecule has 0 N–H and O–H groups in total. The predicted octanol–water partition coefficient (Wildman–Crippen LogP) is 3.74. The molecule has 1 aliphatic carbocycles. The summed E-state index contributed by atoms with van der Waals surface area (Å²) in [4.78, 5) is 3.42. The van der Waals surface area contributed by atoms with E-state index in [-0.39, 0.29) is 0 Å². The molecule has 0 saturated heterocycles. The number of hydrogen-bond acceptors (Lipinski definition) is 1. The van der Waals surface area contributed by atoms with Gasteiger partial charge < -0.3 is 0 Å². The van der Waals surface area contributed by atoms with Crippen LogP contribution < -0.4 is 0 Å². The van der Waals surface area contributed by atoms with Gasteiger partial charge in [-0.3, -0.25) is 4.98 Å². The number of aromatic nitrogens is 1. The zero-order chi connectivity index (χ0) is 10.3. The molecule has 2 rings (SSSR count). The minimum Gasteiger partial charge on any atom is -0.251 e. The van der Waals surface area contributed by atoms with E-state index in [1.807, 2.05) is 0 Å². The second-order valence-corrected chi connectivity index (χ2v) is 4.22. The lowest BCUT2D eigenvalue weighted by atomic mass is 10.2.